The zero-order chi connectivity index (χ0) is 18.9. The Morgan fingerprint density at radius 3 is 2.68 bits per heavy atom. The van der Waals surface area contributed by atoms with Crippen molar-refractivity contribution in [1.29, 1.82) is 0 Å². The minimum atomic E-state index is -0.267. The van der Waals surface area contributed by atoms with E-state index in [1.807, 2.05) is 36.4 Å². The second-order valence-electron chi connectivity index (χ2n) is 7.56. The summed E-state index contributed by atoms with van der Waals surface area (Å²) in [7, 11) is 2.16. The number of hydrogen-bond acceptors (Lipinski definition) is 5. The van der Waals surface area contributed by atoms with E-state index in [9.17, 15) is 0 Å². The van der Waals surface area contributed by atoms with Crippen LogP contribution < -0.4 is 9.47 Å². The van der Waals surface area contributed by atoms with Gasteiger partial charge in [-0.1, -0.05) is 18.2 Å². The zero-order valence-electron chi connectivity index (χ0n) is 16.1. The van der Waals surface area contributed by atoms with Gasteiger partial charge >= 0.3 is 0 Å². The van der Waals surface area contributed by atoms with Crippen LogP contribution >= 0.6 is 0 Å². The third-order valence-corrected chi connectivity index (χ3v) is 5.52. The number of benzene rings is 2. The molecule has 3 aromatic rings. The molecule has 1 fully saturated rings. The third-order valence-electron chi connectivity index (χ3n) is 5.52. The number of likely N-dealkylation sites (tertiary alicyclic amines) is 1. The summed E-state index contributed by atoms with van der Waals surface area (Å²) in [5, 5.41) is 0. The highest BCUT2D eigenvalue weighted by atomic mass is 16.6. The molecule has 0 bridgehead atoms. The quantitative estimate of drug-likeness (QED) is 0.751. The fraction of sp³-hybridized carbons (Fsp3) is 0.409. The van der Waals surface area contributed by atoms with Crippen molar-refractivity contribution in [3.8, 4) is 11.5 Å². The van der Waals surface area contributed by atoms with Crippen LogP contribution in [-0.4, -0.2) is 54.3 Å². The maximum atomic E-state index is 6.62. The summed E-state index contributed by atoms with van der Waals surface area (Å²) in [6.07, 6.45) is 1.99. The zero-order valence-corrected chi connectivity index (χ0v) is 16.1. The van der Waals surface area contributed by atoms with Gasteiger partial charge in [0, 0.05) is 13.1 Å². The minimum absolute atomic E-state index is 0.211. The van der Waals surface area contributed by atoms with Crippen LogP contribution in [0.25, 0.3) is 11.0 Å². The predicted molar refractivity (Wildman–Crippen MR) is 107 cm³/mol. The largest absolute Gasteiger partial charge is 0.486 e. The molecule has 5 rings (SSSR count). The van der Waals surface area contributed by atoms with E-state index >= 15 is 0 Å². The molecule has 0 amide bonds. The molecule has 1 N–H and O–H groups in total. The molecule has 0 spiro atoms. The van der Waals surface area contributed by atoms with E-state index < -0.39 is 0 Å². The van der Waals surface area contributed by atoms with E-state index in [-0.39, 0.29) is 12.2 Å². The number of H-pyrrole nitrogens is 1. The molecule has 0 radical (unpaired) electrons. The number of ether oxygens (including phenoxy) is 3. The molecule has 6 nitrogen and oxygen atoms in total. The Morgan fingerprint density at radius 1 is 1.07 bits per heavy atom. The van der Waals surface area contributed by atoms with Crippen molar-refractivity contribution >= 4 is 11.0 Å². The SMILES string of the molecule is CN1CCC(OC(c2ccc3c(c2)OCCO3)c2nc3ccccc3[nH]2)CC1. The van der Waals surface area contributed by atoms with E-state index in [0.717, 1.165) is 59.9 Å². The number of piperidine rings is 1. The number of aromatic amines is 1. The van der Waals surface area contributed by atoms with Gasteiger partial charge in [-0.3, -0.25) is 0 Å². The number of fused-ring (bicyclic) bond motifs is 2. The molecular weight excluding hydrogens is 354 g/mol. The smallest absolute Gasteiger partial charge is 0.161 e. The van der Waals surface area contributed by atoms with Crippen LogP contribution in [0, 0.1) is 0 Å². The lowest BCUT2D eigenvalue weighted by Crippen LogP contribution is -2.35. The van der Waals surface area contributed by atoms with E-state index in [1.165, 1.54) is 0 Å². The first kappa shape index (κ1) is 17.5. The highest BCUT2D eigenvalue weighted by Gasteiger charge is 2.27. The summed E-state index contributed by atoms with van der Waals surface area (Å²) in [4.78, 5) is 10.6. The van der Waals surface area contributed by atoms with E-state index in [2.05, 4.69) is 23.0 Å². The van der Waals surface area contributed by atoms with E-state index in [0.29, 0.717) is 13.2 Å². The van der Waals surface area contributed by atoms with Gasteiger partial charge < -0.3 is 24.1 Å². The number of rotatable bonds is 4. The molecule has 1 saturated heterocycles. The molecule has 2 aliphatic heterocycles. The molecule has 1 aromatic heterocycles. The predicted octanol–water partition coefficient (Wildman–Crippen LogP) is 3.53. The monoisotopic (exact) mass is 379 g/mol. The second kappa shape index (κ2) is 7.45. The molecule has 146 valence electrons. The van der Waals surface area contributed by atoms with Crippen molar-refractivity contribution in [1.82, 2.24) is 14.9 Å². The van der Waals surface area contributed by atoms with Gasteiger partial charge in [-0.25, -0.2) is 4.98 Å². The van der Waals surface area contributed by atoms with Gasteiger partial charge in [-0.05, 0) is 49.7 Å². The normalized spacial score (nSPS) is 19.0. The van der Waals surface area contributed by atoms with Crippen molar-refractivity contribution < 1.29 is 14.2 Å². The van der Waals surface area contributed by atoms with Gasteiger partial charge in [-0.2, -0.15) is 0 Å². The first-order valence-electron chi connectivity index (χ1n) is 9.94. The van der Waals surface area contributed by atoms with Gasteiger partial charge in [0.25, 0.3) is 0 Å². The Bertz CT molecular complexity index is 930. The van der Waals surface area contributed by atoms with Gasteiger partial charge in [0.15, 0.2) is 11.5 Å². The van der Waals surface area contributed by atoms with E-state index in [4.69, 9.17) is 19.2 Å². The standard InChI is InChI=1S/C22H25N3O3/c1-25-10-8-16(9-11-25)28-21(22-23-17-4-2-3-5-18(17)24-22)15-6-7-19-20(14-15)27-13-12-26-19/h2-7,14,16,21H,8-13H2,1H3,(H,23,24). The van der Waals surface area contributed by atoms with Gasteiger partial charge in [0.05, 0.1) is 17.1 Å². The lowest BCUT2D eigenvalue weighted by molar-refractivity contribution is -0.0265. The van der Waals surface area contributed by atoms with Crippen LogP contribution in [-0.2, 0) is 4.74 Å². The summed E-state index contributed by atoms with van der Waals surface area (Å²) in [6, 6.07) is 14.1. The molecule has 0 saturated carbocycles. The second-order valence-corrected chi connectivity index (χ2v) is 7.56. The summed E-state index contributed by atoms with van der Waals surface area (Å²) >= 11 is 0. The molecule has 3 heterocycles. The van der Waals surface area contributed by atoms with Crippen molar-refractivity contribution in [2.45, 2.75) is 25.0 Å². The average Bonchev–Trinajstić information content (AvgIpc) is 3.17. The van der Waals surface area contributed by atoms with Crippen LogP contribution in [0.3, 0.4) is 0 Å². The Kier molecular flexibility index (Phi) is 4.66. The number of nitrogens with one attached hydrogen (secondary N) is 1. The summed E-state index contributed by atoms with van der Waals surface area (Å²) in [5.74, 6) is 2.39. The fourth-order valence-electron chi connectivity index (χ4n) is 3.93. The third kappa shape index (κ3) is 3.45. The Labute approximate surface area is 164 Å². The van der Waals surface area contributed by atoms with Gasteiger partial charge in [-0.15, -0.1) is 0 Å². The summed E-state index contributed by atoms with van der Waals surface area (Å²) in [6.45, 7) is 3.27. The molecule has 6 heteroatoms. The highest BCUT2D eigenvalue weighted by molar-refractivity contribution is 5.75. The Morgan fingerprint density at radius 2 is 1.86 bits per heavy atom. The van der Waals surface area contributed by atoms with Crippen LogP contribution in [0.4, 0.5) is 0 Å². The minimum Gasteiger partial charge on any atom is -0.486 e. The Hall–Kier alpha value is -2.57. The van der Waals surface area contributed by atoms with Crippen LogP contribution in [0.15, 0.2) is 42.5 Å². The maximum absolute atomic E-state index is 6.62. The molecule has 1 atom stereocenters. The fourth-order valence-corrected chi connectivity index (χ4v) is 3.93. The number of imidazole rings is 1. The Balaban J connectivity index is 1.50. The first-order chi connectivity index (χ1) is 13.8. The number of aromatic nitrogens is 2. The lowest BCUT2D eigenvalue weighted by atomic mass is 10.0. The molecule has 0 aliphatic carbocycles. The molecule has 2 aliphatic rings. The molecule has 1 unspecified atom stereocenters. The first-order valence-corrected chi connectivity index (χ1v) is 9.94. The van der Waals surface area contributed by atoms with E-state index in [1.54, 1.807) is 0 Å². The van der Waals surface area contributed by atoms with Crippen molar-refractivity contribution in [3.05, 3.63) is 53.9 Å². The summed E-state index contributed by atoms with van der Waals surface area (Å²) in [5.41, 5.74) is 3.00. The number of nitrogens with zero attached hydrogens (tertiary/aromatic N) is 2. The van der Waals surface area contributed by atoms with Crippen molar-refractivity contribution in [3.63, 3.8) is 0 Å². The van der Waals surface area contributed by atoms with Gasteiger partial charge in [0.2, 0.25) is 0 Å². The number of hydrogen-bond donors (Lipinski definition) is 1. The molecular formula is C22H25N3O3. The average molecular weight is 379 g/mol. The topological polar surface area (TPSA) is 59.6 Å². The van der Waals surface area contributed by atoms with Gasteiger partial charge in [0.1, 0.15) is 25.1 Å². The highest BCUT2D eigenvalue weighted by Crippen LogP contribution is 2.36. The summed E-state index contributed by atoms with van der Waals surface area (Å²) < 4.78 is 18.1. The number of para-hydroxylation sites is 2. The van der Waals surface area contributed by atoms with Crippen LogP contribution in [0.2, 0.25) is 0 Å². The lowest BCUT2D eigenvalue weighted by Gasteiger charge is -2.31. The maximum Gasteiger partial charge on any atom is 0.161 e. The van der Waals surface area contributed by atoms with Crippen molar-refractivity contribution in [2.24, 2.45) is 0 Å². The van der Waals surface area contributed by atoms with Crippen LogP contribution in [0.5, 0.6) is 11.5 Å². The molecule has 2 aromatic carbocycles. The molecule has 28 heavy (non-hydrogen) atoms. The van der Waals surface area contributed by atoms with Crippen molar-refractivity contribution in [2.75, 3.05) is 33.4 Å². The van der Waals surface area contributed by atoms with Crippen LogP contribution in [0.1, 0.15) is 30.3 Å².